The van der Waals surface area contributed by atoms with Crippen LogP contribution in [0.1, 0.15) is 12.8 Å². The normalized spacial score (nSPS) is 18.5. The van der Waals surface area contributed by atoms with Crippen molar-refractivity contribution in [2.75, 3.05) is 26.4 Å². The topological polar surface area (TPSA) is 74.8 Å². The summed E-state index contributed by atoms with van der Waals surface area (Å²) in [6, 6.07) is 1.96. The highest BCUT2D eigenvalue weighted by atomic mass is 32.2. The average Bonchev–Trinajstić information content (AvgIpc) is 2.48. The molecule has 0 radical (unpaired) electrons. The third-order valence-corrected chi connectivity index (χ3v) is 7.23. The quantitative estimate of drug-likeness (QED) is 0.795. The maximum Gasteiger partial charge on any atom is 0.246 e. The van der Waals surface area contributed by atoms with Gasteiger partial charge in [-0.3, -0.25) is 0 Å². The van der Waals surface area contributed by atoms with E-state index in [9.17, 15) is 25.6 Å². The summed E-state index contributed by atoms with van der Waals surface area (Å²) in [7, 11) is -6.07. The highest BCUT2D eigenvalue weighted by Crippen LogP contribution is 2.25. The van der Waals surface area contributed by atoms with Crippen LogP contribution in [0.5, 0.6) is 0 Å². The molecule has 0 unspecified atom stereocenters. The van der Waals surface area contributed by atoms with Crippen LogP contribution in [-0.4, -0.2) is 57.9 Å². The zero-order valence-electron chi connectivity index (χ0n) is 12.7. The second kappa shape index (κ2) is 6.42. The lowest BCUT2D eigenvalue weighted by Crippen LogP contribution is -2.47. The minimum atomic E-state index is -4.15. The molecule has 0 N–H and O–H groups in total. The van der Waals surface area contributed by atoms with Crippen molar-refractivity contribution in [1.29, 1.82) is 0 Å². The fourth-order valence-electron chi connectivity index (χ4n) is 2.53. The van der Waals surface area contributed by atoms with Gasteiger partial charge in [0, 0.05) is 26.2 Å². The lowest BCUT2D eigenvalue weighted by Gasteiger charge is -2.35. The van der Waals surface area contributed by atoms with Gasteiger partial charge in [0.15, 0.2) is 0 Å². The Morgan fingerprint density at radius 2 is 1.70 bits per heavy atom. The number of halogens is 2. The van der Waals surface area contributed by atoms with E-state index in [0.717, 1.165) is 22.7 Å². The van der Waals surface area contributed by atoms with Gasteiger partial charge in [-0.15, -0.1) is 0 Å². The Bertz CT molecular complexity index is 788. The van der Waals surface area contributed by atoms with Crippen molar-refractivity contribution >= 4 is 20.0 Å². The van der Waals surface area contributed by atoms with Gasteiger partial charge in [0.25, 0.3) is 0 Å². The molecule has 6 nitrogen and oxygen atoms in total. The lowest BCUT2D eigenvalue weighted by molar-refractivity contribution is 0.238. The SMILES string of the molecule is CN(C1CCN(S(=O)(=O)c2cc(F)ccc2F)CC1)S(C)(=O)=O. The Morgan fingerprint density at radius 3 is 2.22 bits per heavy atom. The van der Waals surface area contributed by atoms with Gasteiger partial charge in [0.1, 0.15) is 16.5 Å². The zero-order valence-corrected chi connectivity index (χ0v) is 14.4. The highest BCUT2D eigenvalue weighted by Gasteiger charge is 2.34. The smallest absolute Gasteiger partial charge is 0.213 e. The minimum Gasteiger partial charge on any atom is -0.213 e. The van der Waals surface area contributed by atoms with Gasteiger partial charge in [0.05, 0.1) is 6.26 Å². The molecule has 130 valence electrons. The molecule has 0 amide bonds. The first kappa shape index (κ1) is 18.2. The molecule has 1 aromatic carbocycles. The van der Waals surface area contributed by atoms with Crippen molar-refractivity contribution in [3.63, 3.8) is 0 Å². The molecule has 1 heterocycles. The van der Waals surface area contributed by atoms with Crippen LogP contribution in [0.4, 0.5) is 8.78 Å². The fraction of sp³-hybridized carbons (Fsp3) is 0.538. The maximum absolute atomic E-state index is 13.7. The zero-order chi connectivity index (χ0) is 17.4. The summed E-state index contributed by atoms with van der Waals surface area (Å²) >= 11 is 0. The highest BCUT2D eigenvalue weighted by molar-refractivity contribution is 7.89. The van der Waals surface area contributed by atoms with Crippen LogP contribution in [0.25, 0.3) is 0 Å². The molecule has 1 fully saturated rings. The Hall–Kier alpha value is -1.10. The third-order valence-electron chi connectivity index (χ3n) is 3.97. The maximum atomic E-state index is 13.7. The van der Waals surface area contributed by atoms with Gasteiger partial charge in [-0.2, -0.15) is 4.31 Å². The second-order valence-electron chi connectivity index (χ2n) is 5.49. The van der Waals surface area contributed by atoms with Gasteiger partial charge in [-0.25, -0.2) is 29.9 Å². The molecule has 0 aliphatic carbocycles. The number of sulfonamides is 2. The summed E-state index contributed by atoms with van der Waals surface area (Å²) in [6.45, 7) is 0.0889. The number of piperidine rings is 1. The van der Waals surface area contributed by atoms with Crippen molar-refractivity contribution in [3.8, 4) is 0 Å². The van der Waals surface area contributed by atoms with Crippen LogP contribution in [0.3, 0.4) is 0 Å². The number of nitrogens with zero attached hydrogens (tertiary/aromatic N) is 2. The van der Waals surface area contributed by atoms with Crippen LogP contribution < -0.4 is 0 Å². The van der Waals surface area contributed by atoms with E-state index in [1.807, 2.05) is 0 Å². The van der Waals surface area contributed by atoms with E-state index in [1.165, 1.54) is 11.4 Å². The number of hydrogen-bond donors (Lipinski definition) is 0. The Morgan fingerprint density at radius 1 is 1.13 bits per heavy atom. The van der Waals surface area contributed by atoms with E-state index in [4.69, 9.17) is 0 Å². The number of benzene rings is 1. The molecule has 0 saturated carbocycles. The fourth-order valence-corrected chi connectivity index (χ4v) is 4.83. The van der Waals surface area contributed by atoms with Crippen molar-refractivity contribution in [3.05, 3.63) is 29.8 Å². The molecular weight excluding hydrogens is 350 g/mol. The Kier molecular flexibility index (Phi) is 5.09. The first-order valence-corrected chi connectivity index (χ1v) is 10.2. The molecule has 23 heavy (non-hydrogen) atoms. The molecule has 1 aliphatic rings. The standard InChI is InChI=1S/C13H18F2N2O4S2/c1-16(22(2,18)19)11-5-7-17(8-6-11)23(20,21)13-9-10(14)3-4-12(13)15/h3-4,9,11H,5-8H2,1-2H3. The van der Waals surface area contributed by atoms with Crippen molar-refractivity contribution in [2.45, 2.75) is 23.8 Å². The molecule has 0 atom stereocenters. The van der Waals surface area contributed by atoms with Crippen molar-refractivity contribution < 1.29 is 25.6 Å². The van der Waals surface area contributed by atoms with Crippen molar-refractivity contribution in [2.24, 2.45) is 0 Å². The number of hydrogen-bond acceptors (Lipinski definition) is 4. The molecule has 1 saturated heterocycles. The molecule has 0 bridgehead atoms. The second-order valence-corrected chi connectivity index (χ2v) is 9.44. The Labute approximate surface area is 134 Å². The van der Waals surface area contributed by atoms with E-state index >= 15 is 0 Å². The number of rotatable bonds is 4. The van der Waals surface area contributed by atoms with Crippen LogP contribution in [0.15, 0.2) is 23.1 Å². The minimum absolute atomic E-state index is 0.0445. The largest absolute Gasteiger partial charge is 0.246 e. The van der Waals surface area contributed by atoms with Gasteiger partial charge >= 0.3 is 0 Å². The average molecular weight is 368 g/mol. The molecule has 2 rings (SSSR count). The van der Waals surface area contributed by atoms with E-state index in [0.29, 0.717) is 18.9 Å². The summed E-state index contributed by atoms with van der Waals surface area (Å²) in [6.07, 6.45) is 1.66. The molecule has 1 aromatic rings. The molecule has 10 heteroatoms. The van der Waals surface area contributed by atoms with Gasteiger partial charge in [-0.1, -0.05) is 0 Å². The summed E-state index contributed by atoms with van der Waals surface area (Å²) in [5.74, 6) is -1.85. The first-order valence-electron chi connectivity index (χ1n) is 6.91. The van der Waals surface area contributed by atoms with Crippen LogP contribution in [0, 0.1) is 11.6 Å². The molecule has 1 aliphatic heterocycles. The van der Waals surface area contributed by atoms with Crippen LogP contribution in [0.2, 0.25) is 0 Å². The van der Waals surface area contributed by atoms with E-state index in [2.05, 4.69) is 0 Å². The third kappa shape index (κ3) is 3.87. The lowest BCUT2D eigenvalue weighted by atomic mass is 10.1. The first-order chi connectivity index (χ1) is 10.5. The van der Waals surface area contributed by atoms with Gasteiger partial charge in [-0.05, 0) is 31.0 Å². The molecule has 0 spiro atoms. The van der Waals surface area contributed by atoms with Gasteiger partial charge in [0.2, 0.25) is 20.0 Å². The van der Waals surface area contributed by atoms with E-state index in [-0.39, 0.29) is 19.1 Å². The van der Waals surface area contributed by atoms with Crippen LogP contribution >= 0.6 is 0 Å². The predicted molar refractivity (Wildman–Crippen MR) is 80.7 cm³/mol. The predicted octanol–water partition coefficient (Wildman–Crippen LogP) is 1.01. The Balaban J connectivity index is 2.17. The van der Waals surface area contributed by atoms with E-state index < -0.39 is 36.6 Å². The molecular formula is C13H18F2N2O4S2. The summed E-state index contributed by atoms with van der Waals surface area (Å²) in [4.78, 5) is -0.701. The molecule has 0 aromatic heterocycles. The summed E-state index contributed by atoms with van der Waals surface area (Å²) < 4.78 is 77.1. The summed E-state index contributed by atoms with van der Waals surface area (Å²) in [5.41, 5.74) is 0. The van der Waals surface area contributed by atoms with Gasteiger partial charge < -0.3 is 0 Å². The summed E-state index contributed by atoms with van der Waals surface area (Å²) in [5, 5.41) is 0. The van der Waals surface area contributed by atoms with Crippen LogP contribution in [-0.2, 0) is 20.0 Å². The monoisotopic (exact) mass is 368 g/mol. The van der Waals surface area contributed by atoms with Crippen molar-refractivity contribution in [1.82, 2.24) is 8.61 Å². The van der Waals surface area contributed by atoms with E-state index in [1.54, 1.807) is 0 Å².